The zero-order valence-electron chi connectivity index (χ0n) is 9.56. The molecule has 0 fully saturated rings. The molecule has 2 N–H and O–H groups in total. The van der Waals surface area contributed by atoms with Crippen LogP contribution in [-0.4, -0.2) is 18.7 Å². The lowest BCUT2D eigenvalue weighted by Gasteiger charge is -2.09. The fraction of sp³-hybridized carbons (Fsp3) is 0.250. The van der Waals surface area contributed by atoms with E-state index < -0.39 is 6.09 Å². The molecule has 0 aromatic heterocycles. The Balaban J connectivity index is 1.67. The van der Waals surface area contributed by atoms with Crippen molar-refractivity contribution in [2.45, 2.75) is 12.7 Å². The first kappa shape index (κ1) is 12.7. The van der Waals surface area contributed by atoms with Crippen LogP contribution in [0, 0.1) is 0 Å². The number of hydroxylamine groups is 1. The molecule has 0 saturated heterocycles. The number of alkyl carbamates (subject to hydrolysis) is 1. The first-order valence-corrected chi connectivity index (χ1v) is 5.85. The lowest BCUT2D eigenvalue weighted by Crippen LogP contribution is -2.32. The molecule has 5 nitrogen and oxygen atoms in total. The largest absolute Gasteiger partial charge is 0.445 e. The van der Waals surface area contributed by atoms with E-state index in [0.29, 0.717) is 11.7 Å². The molecule has 0 bridgehead atoms. The summed E-state index contributed by atoms with van der Waals surface area (Å²) in [4.78, 5) is 16.4. The molecule has 96 valence electrons. The number of ether oxygens (including phenoxy) is 1. The maximum absolute atomic E-state index is 11.4. The Morgan fingerprint density at radius 3 is 2.89 bits per heavy atom. The molecule has 1 amide bonds. The summed E-state index contributed by atoms with van der Waals surface area (Å²) in [5.41, 5.74) is 3.42. The number of benzene rings is 1. The molecule has 18 heavy (non-hydrogen) atoms. The summed E-state index contributed by atoms with van der Waals surface area (Å²) < 4.78 is 5.04. The van der Waals surface area contributed by atoms with Gasteiger partial charge in [-0.3, -0.25) is 10.3 Å². The van der Waals surface area contributed by atoms with Gasteiger partial charge in [-0.05, 0) is 11.6 Å². The minimum Gasteiger partial charge on any atom is -0.445 e. The highest BCUT2D eigenvalue weighted by Gasteiger charge is 2.15. The first-order chi connectivity index (χ1) is 8.74. The van der Waals surface area contributed by atoms with Crippen molar-refractivity contribution in [2.75, 3.05) is 6.54 Å². The summed E-state index contributed by atoms with van der Waals surface area (Å²) in [5, 5.41) is 3.00. The van der Waals surface area contributed by atoms with Crippen LogP contribution in [-0.2, 0) is 16.2 Å². The molecular formula is C12H13ClN2O3. The van der Waals surface area contributed by atoms with Crippen LogP contribution >= 0.6 is 11.6 Å². The van der Waals surface area contributed by atoms with E-state index in [1.165, 1.54) is 0 Å². The van der Waals surface area contributed by atoms with Crippen molar-refractivity contribution in [1.29, 1.82) is 0 Å². The second-order valence-corrected chi connectivity index (χ2v) is 4.12. The second kappa shape index (κ2) is 6.28. The molecule has 1 aromatic rings. The average Bonchev–Trinajstić information content (AvgIpc) is 2.81. The van der Waals surface area contributed by atoms with Gasteiger partial charge in [0.15, 0.2) is 0 Å². The maximum Gasteiger partial charge on any atom is 0.407 e. The van der Waals surface area contributed by atoms with Crippen molar-refractivity contribution in [3.63, 3.8) is 0 Å². The Labute approximate surface area is 110 Å². The summed E-state index contributed by atoms with van der Waals surface area (Å²) in [6.45, 7) is 0.546. The molecule has 1 aliphatic rings. The monoisotopic (exact) mass is 268 g/mol. The highest BCUT2D eigenvalue weighted by Crippen LogP contribution is 2.08. The van der Waals surface area contributed by atoms with Crippen LogP contribution < -0.4 is 10.8 Å². The molecule has 1 unspecified atom stereocenters. The van der Waals surface area contributed by atoms with E-state index in [9.17, 15) is 4.79 Å². The van der Waals surface area contributed by atoms with E-state index in [1.807, 2.05) is 30.3 Å². The second-order valence-electron chi connectivity index (χ2n) is 3.72. The summed E-state index contributed by atoms with van der Waals surface area (Å²) in [7, 11) is 0. The number of carbonyl (C=O) groups is 1. The Bertz CT molecular complexity index is 436. The van der Waals surface area contributed by atoms with E-state index >= 15 is 0 Å². The standard InChI is InChI=1S/C12H13ClN2O3/c13-11-6-10(18-15-11)7-14-12(16)17-8-9-4-2-1-3-5-9/h1-6,10,15H,7-8H2,(H,14,16). The topological polar surface area (TPSA) is 59.6 Å². The van der Waals surface area contributed by atoms with E-state index in [2.05, 4.69) is 10.8 Å². The van der Waals surface area contributed by atoms with E-state index in [4.69, 9.17) is 21.2 Å². The van der Waals surface area contributed by atoms with Gasteiger partial charge >= 0.3 is 6.09 Å². The molecule has 1 atom stereocenters. The van der Waals surface area contributed by atoms with E-state index in [-0.39, 0.29) is 12.7 Å². The molecule has 0 aliphatic carbocycles. The minimum atomic E-state index is -0.487. The third kappa shape index (κ3) is 3.94. The van der Waals surface area contributed by atoms with E-state index in [1.54, 1.807) is 6.08 Å². The Morgan fingerprint density at radius 1 is 1.44 bits per heavy atom. The maximum atomic E-state index is 11.4. The van der Waals surface area contributed by atoms with Crippen LogP contribution in [0.1, 0.15) is 5.56 Å². The molecule has 1 aromatic carbocycles. The van der Waals surface area contributed by atoms with Crippen LogP contribution in [0.15, 0.2) is 41.6 Å². The molecule has 1 heterocycles. The Kier molecular flexibility index (Phi) is 4.44. The number of carbonyl (C=O) groups excluding carboxylic acids is 1. The molecule has 0 radical (unpaired) electrons. The van der Waals surface area contributed by atoms with Crippen LogP contribution in [0.4, 0.5) is 4.79 Å². The fourth-order valence-corrected chi connectivity index (χ4v) is 1.61. The first-order valence-electron chi connectivity index (χ1n) is 5.47. The third-order valence-electron chi connectivity index (χ3n) is 2.30. The quantitative estimate of drug-likeness (QED) is 0.819. The predicted octanol–water partition coefficient (Wildman–Crippen LogP) is 1.90. The van der Waals surface area contributed by atoms with Gasteiger partial charge in [-0.2, -0.15) is 0 Å². The fourth-order valence-electron chi connectivity index (χ4n) is 1.42. The van der Waals surface area contributed by atoms with Gasteiger partial charge in [0, 0.05) is 0 Å². The van der Waals surface area contributed by atoms with Gasteiger partial charge in [0.05, 0.1) is 6.54 Å². The number of halogens is 1. The number of rotatable bonds is 4. The van der Waals surface area contributed by atoms with Crippen molar-refractivity contribution in [1.82, 2.24) is 10.8 Å². The van der Waals surface area contributed by atoms with Gasteiger partial charge in [0.25, 0.3) is 0 Å². The van der Waals surface area contributed by atoms with Crippen LogP contribution in [0.2, 0.25) is 0 Å². The van der Waals surface area contributed by atoms with Crippen molar-refractivity contribution >= 4 is 17.7 Å². The van der Waals surface area contributed by atoms with Crippen molar-refractivity contribution < 1.29 is 14.4 Å². The van der Waals surface area contributed by atoms with Crippen LogP contribution in [0.5, 0.6) is 0 Å². The number of amides is 1. The highest BCUT2D eigenvalue weighted by molar-refractivity contribution is 6.29. The number of hydrogen-bond donors (Lipinski definition) is 2. The van der Waals surface area contributed by atoms with Crippen molar-refractivity contribution in [3.8, 4) is 0 Å². The molecule has 1 aliphatic heterocycles. The smallest absolute Gasteiger partial charge is 0.407 e. The molecule has 0 saturated carbocycles. The number of hydrogen-bond acceptors (Lipinski definition) is 4. The third-order valence-corrected chi connectivity index (χ3v) is 2.50. The zero-order chi connectivity index (χ0) is 12.8. The minimum absolute atomic E-state index is 0.243. The van der Waals surface area contributed by atoms with Gasteiger partial charge in [0.1, 0.15) is 17.9 Å². The van der Waals surface area contributed by atoms with Gasteiger partial charge in [-0.1, -0.05) is 41.9 Å². The van der Waals surface area contributed by atoms with Gasteiger partial charge in [-0.15, -0.1) is 0 Å². The number of nitrogens with one attached hydrogen (secondary N) is 2. The van der Waals surface area contributed by atoms with Crippen LogP contribution in [0.3, 0.4) is 0 Å². The van der Waals surface area contributed by atoms with Gasteiger partial charge in [-0.25, -0.2) is 4.79 Å². The molecule has 6 heteroatoms. The van der Waals surface area contributed by atoms with Crippen molar-refractivity contribution in [2.24, 2.45) is 0 Å². The molecular weight excluding hydrogens is 256 g/mol. The highest BCUT2D eigenvalue weighted by atomic mass is 35.5. The lowest BCUT2D eigenvalue weighted by molar-refractivity contribution is 0.0443. The lowest BCUT2D eigenvalue weighted by atomic mass is 10.2. The van der Waals surface area contributed by atoms with Crippen LogP contribution in [0.25, 0.3) is 0 Å². The summed E-state index contributed by atoms with van der Waals surface area (Å²) in [6.07, 6.45) is 0.902. The summed E-state index contributed by atoms with van der Waals surface area (Å²) in [5.74, 6) is 0. The Morgan fingerprint density at radius 2 is 2.22 bits per heavy atom. The van der Waals surface area contributed by atoms with Crippen molar-refractivity contribution in [3.05, 3.63) is 47.1 Å². The van der Waals surface area contributed by atoms with Gasteiger partial charge in [0.2, 0.25) is 0 Å². The Hall–Kier alpha value is -1.72. The van der Waals surface area contributed by atoms with E-state index in [0.717, 1.165) is 5.56 Å². The summed E-state index contributed by atoms with van der Waals surface area (Å²) in [6, 6.07) is 9.46. The molecule has 0 spiro atoms. The predicted molar refractivity (Wildman–Crippen MR) is 66.6 cm³/mol. The average molecular weight is 269 g/mol. The molecule has 2 rings (SSSR count). The zero-order valence-corrected chi connectivity index (χ0v) is 10.3. The summed E-state index contributed by atoms with van der Waals surface area (Å²) >= 11 is 5.64. The van der Waals surface area contributed by atoms with Gasteiger partial charge < -0.3 is 10.1 Å². The normalized spacial score (nSPS) is 17.8. The SMILES string of the molecule is O=C(NCC1C=C(Cl)NO1)OCc1ccccc1.